The quantitative estimate of drug-likeness (QED) is 0.593. The summed E-state index contributed by atoms with van der Waals surface area (Å²) in [7, 11) is 0. The van der Waals surface area contributed by atoms with Crippen LogP contribution < -0.4 is 0 Å². The fourth-order valence-corrected chi connectivity index (χ4v) is 2.43. The van der Waals surface area contributed by atoms with Gasteiger partial charge in [-0.2, -0.15) is 0 Å². The summed E-state index contributed by atoms with van der Waals surface area (Å²) < 4.78 is 10.4. The van der Waals surface area contributed by atoms with Gasteiger partial charge in [0.2, 0.25) is 0 Å². The Morgan fingerprint density at radius 3 is 3.07 bits per heavy atom. The topological polar surface area (TPSA) is 52.6 Å². The van der Waals surface area contributed by atoms with E-state index in [9.17, 15) is 9.59 Å². The molecule has 0 aromatic carbocycles. The molecule has 1 aliphatic heterocycles. The molecule has 1 heterocycles. The third-order valence-corrected chi connectivity index (χ3v) is 2.97. The molecule has 0 spiro atoms. The second kappa shape index (κ2) is 3.26. The Morgan fingerprint density at radius 1 is 1.57 bits per heavy atom. The van der Waals surface area contributed by atoms with Gasteiger partial charge in [0.05, 0.1) is 6.42 Å². The lowest BCUT2D eigenvalue weighted by atomic mass is 9.81. The van der Waals surface area contributed by atoms with Crippen molar-refractivity contribution in [2.75, 3.05) is 0 Å². The minimum atomic E-state index is -0.638. The molecule has 78 valence electrons. The number of hydrogen-bond donors (Lipinski definition) is 0. The summed E-state index contributed by atoms with van der Waals surface area (Å²) in [5.41, 5.74) is -0.638. The Bertz CT molecular complexity index is 273. The largest absolute Gasteiger partial charge is 0.458 e. The van der Waals surface area contributed by atoms with Gasteiger partial charge in [0.25, 0.3) is 0 Å². The van der Waals surface area contributed by atoms with Gasteiger partial charge in [-0.1, -0.05) is 0 Å². The van der Waals surface area contributed by atoms with Crippen LogP contribution in [-0.2, 0) is 19.1 Å². The van der Waals surface area contributed by atoms with Crippen molar-refractivity contribution in [2.45, 2.75) is 50.7 Å². The molecule has 2 atom stereocenters. The van der Waals surface area contributed by atoms with Gasteiger partial charge in [-0.25, -0.2) is 0 Å². The fourth-order valence-electron chi connectivity index (χ4n) is 2.43. The van der Waals surface area contributed by atoms with Crippen molar-refractivity contribution < 1.29 is 19.1 Å². The normalized spacial score (nSPS) is 36.1. The van der Waals surface area contributed by atoms with Crippen molar-refractivity contribution in [3.63, 3.8) is 0 Å². The molecule has 0 aromatic rings. The molecular formula is C10H14O4. The summed E-state index contributed by atoms with van der Waals surface area (Å²) in [6.45, 7) is 1.38. The van der Waals surface area contributed by atoms with Crippen LogP contribution in [0.1, 0.15) is 39.0 Å². The molecule has 0 radical (unpaired) electrons. The number of carbonyl (C=O) groups excluding carboxylic acids is 2. The van der Waals surface area contributed by atoms with E-state index in [0.29, 0.717) is 0 Å². The molecule has 4 heteroatoms. The van der Waals surface area contributed by atoms with E-state index >= 15 is 0 Å². The molecule has 1 aliphatic carbocycles. The first-order chi connectivity index (χ1) is 6.62. The number of hydrogen-bond acceptors (Lipinski definition) is 4. The van der Waals surface area contributed by atoms with E-state index < -0.39 is 5.60 Å². The predicted molar refractivity (Wildman–Crippen MR) is 47.5 cm³/mol. The second-order valence-corrected chi connectivity index (χ2v) is 4.06. The Kier molecular flexibility index (Phi) is 2.21. The number of rotatable bonds is 1. The molecule has 1 saturated heterocycles. The smallest absolute Gasteiger partial charge is 0.310 e. The number of fused-ring (bicyclic) bond motifs is 1. The summed E-state index contributed by atoms with van der Waals surface area (Å²) in [6.07, 6.45) is 3.65. The SMILES string of the molecule is CC(=O)OC12CCCCC1OC(=O)C2. The van der Waals surface area contributed by atoms with Crippen molar-refractivity contribution >= 4 is 11.9 Å². The summed E-state index contributed by atoms with van der Waals surface area (Å²) in [4.78, 5) is 22.1. The Balaban J connectivity index is 2.18. The zero-order valence-electron chi connectivity index (χ0n) is 8.25. The van der Waals surface area contributed by atoms with Crippen LogP contribution in [0.2, 0.25) is 0 Å². The maximum Gasteiger partial charge on any atom is 0.310 e. The van der Waals surface area contributed by atoms with Crippen LogP contribution in [0.15, 0.2) is 0 Å². The highest BCUT2D eigenvalue weighted by atomic mass is 16.6. The van der Waals surface area contributed by atoms with Gasteiger partial charge in [0, 0.05) is 6.92 Å². The molecule has 2 fully saturated rings. The molecule has 0 N–H and O–H groups in total. The first-order valence-electron chi connectivity index (χ1n) is 5.01. The molecule has 0 aromatic heterocycles. The molecule has 0 bridgehead atoms. The number of carbonyl (C=O) groups is 2. The maximum absolute atomic E-state index is 11.2. The first-order valence-corrected chi connectivity index (χ1v) is 5.01. The zero-order chi connectivity index (χ0) is 10.2. The lowest BCUT2D eigenvalue weighted by Crippen LogP contribution is -2.44. The van der Waals surface area contributed by atoms with Crippen LogP contribution in [0.25, 0.3) is 0 Å². The van der Waals surface area contributed by atoms with Gasteiger partial charge < -0.3 is 9.47 Å². The average molecular weight is 198 g/mol. The molecule has 4 nitrogen and oxygen atoms in total. The van der Waals surface area contributed by atoms with Crippen molar-refractivity contribution in [2.24, 2.45) is 0 Å². The van der Waals surface area contributed by atoms with Crippen LogP contribution in [-0.4, -0.2) is 23.6 Å². The van der Waals surface area contributed by atoms with Crippen molar-refractivity contribution in [1.29, 1.82) is 0 Å². The molecule has 1 saturated carbocycles. The molecule has 0 amide bonds. The lowest BCUT2D eigenvalue weighted by Gasteiger charge is -2.35. The van der Waals surface area contributed by atoms with Gasteiger partial charge in [-0.3, -0.25) is 9.59 Å². The first kappa shape index (κ1) is 9.49. The van der Waals surface area contributed by atoms with Gasteiger partial charge in [-0.05, 0) is 25.7 Å². The van der Waals surface area contributed by atoms with Gasteiger partial charge in [0.15, 0.2) is 5.60 Å². The molecule has 2 rings (SSSR count). The minimum Gasteiger partial charge on any atom is -0.458 e. The third kappa shape index (κ3) is 1.49. The molecular weight excluding hydrogens is 184 g/mol. The third-order valence-electron chi connectivity index (χ3n) is 2.97. The highest BCUT2D eigenvalue weighted by Gasteiger charge is 2.52. The van der Waals surface area contributed by atoms with Crippen LogP contribution in [0.4, 0.5) is 0 Å². The second-order valence-electron chi connectivity index (χ2n) is 4.06. The Hall–Kier alpha value is -1.06. The van der Waals surface area contributed by atoms with E-state index in [2.05, 4.69) is 0 Å². The van der Waals surface area contributed by atoms with E-state index in [1.807, 2.05) is 0 Å². The van der Waals surface area contributed by atoms with Gasteiger partial charge in [0.1, 0.15) is 6.10 Å². The van der Waals surface area contributed by atoms with Crippen molar-refractivity contribution in [3.8, 4) is 0 Å². The number of ether oxygens (including phenoxy) is 2. The van der Waals surface area contributed by atoms with E-state index in [4.69, 9.17) is 9.47 Å². The molecule has 2 aliphatic rings. The van der Waals surface area contributed by atoms with Crippen LogP contribution >= 0.6 is 0 Å². The van der Waals surface area contributed by atoms with E-state index in [-0.39, 0.29) is 24.5 Å². The highest BCUT2D eigenvalue weighted by Crippen LogP contribution is 2.41. The number of esters is 2. The highest BCUT2D eigenvalue weighted by molar-refractivity contribution is 5.75. The molecule has 14 heavy (non-hydrogen) atoms. The predicted octanol–water partition coefficient (Wildman–Crippen LogP) is 1.18. The molecule has 2 unspecified atom stereocenters. The summed E-state index contributed by atoms with van der Waals surface area (Å²) in [6, 6.07) is 0. The summed E-state index contributed by atoms with van der Waals surface area (Å²) >= 11 is 0. The Morgan fingerprint density at radius 2 is 2.36 bits per heavy atom. The minimum absolute atomic E-state index is 0.201. The zero-order valence-corrected chi connectivity index (χ0v) is 8.25. The fraction of sp³-hybridized carbons (Fsp3) is 0.800. The van der Waals surface area contributed by atoms with Crippen LogP contribution in [0.5, 0.6) is 0 Å². The maximum atomic E-state index is 11.2. The van der Waals surface area contributed by atoms with Gasteiger partial charge in [-0.15, -0.1) is 0 Å². The summed E-state index contributed by atoms with van der Waals surface area (Å²) in [5, 5.41) is 0. The van der Waals surface area contributed by atoms with E-state index in [0.717, 1.165) is 25.7 Å². The Labute approximate surface area is 82.6 Å². The van der Waals surface area contributed by atoms with Crippen molar-refractivity contribution in [3.05, 3.63) is 0 Å². The van der Waals surface area contributed by atoms with Crippen LogP contribution in [0, 0.1) is 0 Å². The van der Waals surface area contributed by atoms with Crippen molar-refractivity contribution in [1.82, 2.24) is 0 Å². The monoisotopic (exact) mass is 198 g/mol. The summed E-state index contributed by atoms with van der Waals surface area (Å²) in [5.74, 6) is -0.562. The van der Waals surface area contributed by atoms with Crippen LogP contribution in [0.3, 0.4) is 0 Å². The van der Waals surface area contributed by atoms with E-state index in [1.165, 1.54) is 6.92 Å². The average Bonchev–Trinajstić information content (AvgIpc) is 2.38. The van der Waals surface area contributed by atoms with Gasteiger partial charge >= 0.3 is 11.9 Å². The standard InChI is InChI=1S/C10H14O4/c1-7(11)14-10-5-3-2-4-8(10)13-9(12)6-10/h8H,2-6H2,1H3. The lowest BCUT2D eigenvalue weighted by molar-refractivity contribution is -0.168. The van der Waals surface area contributed by atoms with E-state index in [1.54, 1.807) is 0 Å².